The van der Waals surface area contributed by atoms with Gasteiger partial charge < -0.3 is 4.74 Å². The Kier molecular flexibility index (Phi) is 3.60. The first-order valence-corrected chi connectivity index (χ1v) is 6.52. The van der Waals surface area contributed by atoms with E-state index in [0.29, 0.717) is 6.54 Å². The van der Waals surface area contributed by atoms with E-state index in [0.717, 1.165) is 29.8 Å². The van der Waals surface area contributed by atoms with Crippen LogP contribution in [0.1, 0.15) is 39.3 Å². The zero-order valence-electron chi connectivity index (χ0n) is 11.8. The maximum Gasteiger partial charge on any atom is 0.414 e. The van der Waals surface area contributed by atoms with E-state index in [1.54, 1.807) is 11.1 Å². The average molecular weight is 260 g/mol. The van der Waals surface area contributed by atoms with Crippen molar-refractivity contribution in [2.45, 2.75) is 39.2 Å². The van der Waals surface area contributed by atoms with Crippen LogP contribution in [-0.2, 0) is 4.74 Å². The largest absolute Gasteiger partial charge is 0.443 e. The molecule has 0 atom stereocenters. The topological polar surface area (TPSA) is 42.4 Å². The molecule has 0 spiro atoms. The quantitative estimate of drug-likeness (QED) is 0.715. The van der Waals surface area contributed by atoms with Crippen LogP contribution in [0.2, 0.25) is 0 Å². The molecule has 0 aliphatic carbocycles. The van der Waals surface area contributed by atoms with Gasteiger partial charge in [-0.15, -0.1) is 0 Å². The van der Waals surface area contributed by atoms with Crippen molar-refractivity contribution in [1.29, 1.82) is 0 Å². The van der Waals surface area contributed by atoms with Gasteiger partial charge in [0.15, 0.2) is 0 Å². The molecule has 1 aromatic heterocycles. The second-order valence-corrected chi connectivity index (χ2v) is 5.71. The van der Waals surface area contributed by atoms with Gasteiger partial charge in [-0.05, 0) is 51.3 Å². The summed E-state index contributed by atoms with van der Waals surface area (Å²) >= 11 is 0. The number of allylic oxidation sites excluding steroid dienone is 1. The van der Waals surface area contributed by atoms with Gasteiger partial charge in [0.05, 0.1) is 11.4 Å². The zero-order valence-corrected chi connectivity index (χ0v) is 11.8. The number of ether oxygens (including phenoxy) is 1. The molecule has 1 aliphatic rings. The fourth-order valence-electron chi connectivity index (χ4n) is 2.08. The van der Waals surface area contributed by atoms with E-state index in [1.807, 2.05) is 32.9 Å². The number of aromatic nitrogens is 1. The van der Waals surface area contributed by atoms with E-state index in [2.05, 4.69) is 11.6 Å². The summed E-state index contributed by atoms with van der Waals surface area (Å²) in [5.41, 5.74) is 2.06. The Balaban J connectivity index is 2.33. The monoisotopic (exact) mass is 260 g/mol. The fraction of sp³-hybridized carbons (Fsp3) is 0.467. The van der Waals surface area contributed by atoms with Crippen molar-refractivity contribution in [2.24, 2.45) is 0 Å². The van der Waals surface area contributed by atoms with Gasteiger partial charge in [0.1, 0.15) is 5.60 Å². The van der Waals surface area contributed by atoms with Crippen LogP contribution in [0.15, 0.2) is 24.9 Å². The molecule has 0 aromatic carbocycles. The minimum atomic E-state index is -0.497. The SMILES string of the molecule is C=C1CCCN(C(=O)OC(C)(C)C)c2cccnc21. The molecule has 4 heteroatoms. The first kappa shape index (κ1) is 13.6. The highest BCUT2D eigenvalue weighted by molar-refractivity contribution is 5.92. The number of rotatable bonds is 0. The van der Waals surface area contributed by atoms with Crippen LogP contribution in [0.4, 0.5) is 10.5 Å². The van der Waals surface area contributed by atoms with E-state index in [4.69, 9.17) is 4.74 Å². The fourth-order valence-corrected chi connectivity index (χ4v) is 2.08. The lowest BCUT2D eigenvalue weighted by Gasteiger charge is -2.27. The van der Waals surface area contributed by atoms with E-state index in [-0.39, 0.29) is 6.09 Å². The smallest absolute Gasteiger partial charge is 0.414 e. The van der Waals surface area contributed by atoms with Crippen molar-refractivity contribution in [3.8, 4) is 0 Å². The highest BCUT2D eigenvalue weighted by Gasteiger charge is 2.27. The molecule has 2 rings (SSSR count). The van der Waals surface area contributed by atoms with Gasteiger partial charge >= 0.3 is 6.09 Å². The van der Waals surface area contributed by atoms with Crippen LogP contribution in [-0.4, -0.2) is 23.2 Å². The van der Waals surface area contributed by atoms with Gasteiger partial charge in [-0.3, -0.25) is 9.88 Å². The minimum absolute atomic E-state index is 0.323. The van der Waals surface area contributed by atoms with Crippen LogP contribution in [0.25, 0.3) is 5.57 Å². The second kappa shape index (κ2) is 5.03. The maximum absolute atomic E-state index is 12.3. The highest BCUT2D eigenvalue weighted by Crippen LogP contribution is 2.31. The van der Waals surface area contributed by atoms with Crippen molar-refractivity contribution in [2.75, 3.05) is 11.4 Å². The number of nitrogens with zero attached hydrogens (tertiary/aromatic N) is 2. The van der Waals surface area contributed by atoms with Crippen LogP contribution >= 0.6 is 0 Å². The van der Waals surface area contributed by atoms with Crippen LogP contribution in [0.5, 0.6) is 0 Å². The second-order valence-electron chi connectivity index (χ2n) is 5.71. The number of carbonyl (C=O) groups excluding carboxylic acids is 1. The standard InChI is InChI=1S/C15H20N2O2/c1-11-7-6-10-17(14(18)19-15(2,3)4)12-8-5-9-16-13(11)12/h5,8-9H,1,6-7,10H2,2-4H3. The molecule has 0 bridgehead atoms. The number of anilines is 1. The van der Waals surface area contributed by atoms with Gasteiger partial charge in [-0.2, -0.15) is 0 Å². The number of hydrogen-bond donors (Lipinski definition) is 0. The summed E-state index contributed by atoms with van der Waals surface area (Å²) in [5, 5.41) is 0. The third-order valence-corrected chi connectivity index (χ3v) is 2.89. The van der Waals surface area contributed by atoms with Gasteiger partial charge in [0.25, 0.3) is 0 Å². The van der Waals surface area contributed by atoms with E-state index < -0.39 is 5.60 Å². The first-order valence-electron chi connectivity index (χ1n) is 6.52. The normalized spacial score (nSPS) is 15.7. The number of amides is 1. The van der Waals surface area contributed by atoms with Crippen molar-refractivity contribution >= 4 is 17.4 Å². The third-order valence-electron chi connectivity index (χ3n) is 2.89. The Morgan fingerprint density at radius 2 is 2.21 bits per heavy atom. The van der Waals surface area contributed by atoms with Crippen LogP contribution in [0.3, 0.4) is 0 Å². The number of carbonyl (C=O) groups is 1. The Labute approximate surface area is 114 Å². The zero-order chi connectivity index (χ0) is 14.0. The lowest BCUT2D eigenvalue weighted by atomic mass is 10.1. The van der Waals surface area contributed by atoms with Crippen molar-refractivity contribution < 1.29 is 9.53 Å². The van der Waals surface area contributed by atoms with E-state index in [1.165, 1.54) is 0 Å². The summed E-state index contributed by atoms with van der Waals surface area (Å²) < 4.78 is 5.45. The minimum Gasteiger partial charge on any atom is -0.443 e. The lowest BCUT2D eigenvalue weighted by molar-refractivity contribution is 0.0580. The molecule has 1 aromatic rings. The number of fused-ring (bicyclic) bond motifs is 1. The summed E-state index contributed by atoms with van der Waals surface area (Å²) in [6, 6.07) is 3.72. The molecule has 0 unspecified atom stereocenters. The average Bonchev–Trinajstić information content (AvgIpc) is 2.47. The summed E-state index contributed by atoms with van der Waals surface area (Å²) in [6.45, 7) is 10.3. The number of pyridine rings is 1. The molecule has 0 N–H and O–H groups in total. The molecule has 0 radical (unpaired) electrons. The van der Waals surface area contributed by atoms with Crippen molar-refractivity contribution in [3.63, 3.8) is 0 Å². The molecule has 0 saturated carbocycles. The molecule has 2 heterocycles. The summed E-state index contributed by atoms with van der Waals surface area (Å²) in [6.07, 6.45) is 3.12. The predicted molar refractivity (Wildman–Crippen MR) is 76.1 cm³/mol. The molecule has 1 amide bonds. The Hall–Kier alpha value is -1.84. The van der Waals surface area contributed by atoms with Crippen molar-refractivity contribution in [1.82, 2.24) is 4.98 Å². The van der Waals surface area contributed by atoms with Crippen LogP contribution < -0.4 is 4.90 Å². The summed E-state index contributed by atoms with van der Waals surface area (Å²) in [5.74, 6) is 0. The highest BCUT2D eigenvalue weighted by atomic mass is 16.6. The van der Waals surface area contributed by atoms with Gasteiger partial charge in [0, 0.05) is 12.7 Å². The molecular formula is C15H20N2O2. The van der Waals surface area contributed by atoms with E-state index in [9.17, 15) is 4.79 Å². The molecule has 1 aliphatic heterocycles. The molecule has 0 fully saturated rings. The molecule has 0 saturated heterocycles. The third kappa shape index (κ3) is 3.13. The lowest BCUT2D eigenvalue weighted by Crippen LogP contribution is -2.37. The molecule has 4 nitrogen and oxygen atoms in total. The molecular weight excluding hydrogens is 240 g/mol. The summed E-state index contributed by atoms with van der Waals surface area (Å²) in [7, 11) is 0. The predicted octanol–water partition coefficient (Wildman–Crippen LogP) is 3.63. The van der Waals surface area contributed by atoms with E-state index >= 15 is 0 Å². The molecule has 102 valence electrons. The van der Waals surface area contributed by atoms with Gasteiger partial charge in [-0.25, -0.2) is 4.79 Å². The first-order chi connectivity index (χ1) is 8.88. The Morgan fingerprint density at radius 1 is 1.47 bits per heavy atom. The van der Waals surface area contributed by atoms with Gasteiger partial charge in [-0.1, -0.05) is 6.58 Å². The number of hydrogen-bond acceptors (Lipinski definition) is 3. The van der Waals surface area contributed by atoms with Crippen molar-refractivity contribution in [3.05, 3.63) is 30.6 Å². The summed E-state index contributed by atoms with van der Waals surface area (Å²) in [4.78, 5) is 18.3. The maximum atomic E-state index is 12.3. The Morgan fingerprint density at radius 3 is 2.89 bits per heavy atom. The van der Waals surface area contributed by atoms with Crippen LogP contribution in [0, 0.1) is 0 Å². The van der Waals surface area contributed by atoms with Gasteiger partial charge in [0.2, 0.25) is 0 Å². The molecule has 19 heavy (non-hydrogen) atoms. The Bertz CT molecular complexity index is 503.